The van der Waals surface area contributed by atoms with Gasteiger partial charge in [-0.25, -0.2) is 4.39 Å². The van der Waals surface area contributed by atoms with E-state index < -0.39 is 11.9 Å². The van der Waals surface area contributed by atoms with Crippen molar-refractivity contribution in [3.63, 3.8) is 0 Å². The van der Waals surface area contributed by atoms with Crippen molar-refractivity contribution < 1.29 is 9.13 Å². The minimum Gasteiger partial charge on any atom is -0.475 e. The first-order chi connectivity index (χ1) is 7.04. The second-order valence-corrected chi connectivity index (χ2v) is 3.36. The zero-order chi connectivity index (χ0) is 11.4. The molecule has 0 aliphatic carbocycles. The molecule has 0 heterocycles. The Labute approximate surface area is 88.3 Å². The standard InChI is InChI=1S/C11H13FN2O/c1-7(6-13)15-11-5-9(12)3-4-10(11)8(2)14/h3-5,7-8H,14H2,1-2H3/t7?,8-/m1/s1. The van der Waals surface area contributed by atoms with Crippen molar-refractivity contribution in [1.29, 1.82) is 5.26 Å². The maximum atomic E-state index is 13.0. The summed E-state index contributed by atoms with van der Waals surface area (Å²) in [5.74, 6) is -0.0708. The van der Waals surface area contributed by atoms with Gasteiger partial charge in [0.1, 0.15) is 17.6 Å². The molecule has 0 bridgehead atoms. The first-order valence-electron chi connectivity index (χ1n) is 4.66. The molecule has 0 aliphatic heterocycles. The van der Waals surface area contributed by atoms with Gasteiger partial charge >= 0.3 is 0 Å². The molecule has 0 saturated heterocycles. The minimum absolute atomic E-state index is 0.258. The smallest absolute Gasteiger partial charge is 0.181 e. The van der Waals surface area contributed by atoms with Crippen molar-refractivity contribution in [1.82, 2.24) is 0 Å². The summed E-state index contributed by atoms with van der Waals surface area (Å²) < 4.78 is 18.2. The fourth-order valence-electron chi connectivity index (χ4n) is 1.20. The number of halogens is 1. The van der Waals surface area contributed by atoms with Crippen molar-refractivity contribution >= 4 is 0 Å². The van der Waals surface area contributed by atoms with Crippen LogP contribution in [0.4, 0.5) is 4.39 Å². The fourth-order valence-corrected chi connectivity index (χ4v) is 1.20. The Morgan fingerprint density at radius 1 is 1.47 bits per heavy atom. The van der Waals surface area contributed by atoms with Crippen LogP contribution < -0.4 is 10.5 Å². The average molecular weight is 208 g/mol. The Kier molecular flexibility index (Phi) is 3.64. The normalized spacial score (nSPS) is 14.1. The summed E-state index contributed by atoms with van der Waals surface area (Å²) in [6.45, 7) is 3.37. The lowest BCUT2D eigenvalue weighted by Gasteiger charge is -2.15. The van der Waals surface area contributed by atoms with Crippen molar-refractivity contribution in [2.24, 2.45) is 5.73 Å². The topological polar surface area (TPSA) is 59.0 Å². The zero-order valence-electron chi connectivity index (χ0n) is 8.70. The average Bonchev–Trinajstić information content (AvgIpc) is 2.17. The molecule has 2 N–H and O–H groups in total. The number of ether oxygens (including phenoxy) is 1. The molecular weight excluding hydrogens is 195 g/mol. The number of rotatable bonds is 3. The van der Waals surface area contributed by atoms with E-state index in [-0.39, 0.29) is 6.04 Å². The minimum atomic E-state index is -0.621. The Balaban J connectivity index is 3.03. The molecule has 3 nitrogen and oxygen atoms in total. The molecule has 0 radical (unpaired) electrons. The van der Waals surface area contributed by atoms with E-state index in [1.54, 1.807) is 19.9 Å². The molecule has 15 heavy (non-hydrogen) atoms. The van der Waals surface area contributed by atoms with Gasteiger partial charge in [0.05, 0.1) is 0 Å². The highest BCUT2D eigenvalue weighted by Crippen LogP contribution is 2.25. The maximum absolute atomic E-state index is 13.0. The van der Waals surface area contributed by atoms with Crippen molar-refractivity contribution in [3.05, 3.63) is 29.6 Å². The first-order valence-corrected chi connectivity index (χ1v) is 4.66. The Morgan fingerprint density at radius 2 is 2.13 bits per heavy atom. The SMILES string of the molecule is CC(C#N)Oc1cc(F)ccc1[C@@H](C)N. The second-order valence-electron chi connectivity index (χ2n) is 3.36. The molecule has 80 valence electrons. The highest BCUT2D eigenvalue weighted by molar-refractivity contribution is 5.36. The Hall–Kier alpha value is -1.60. The Bertz CT molecular complexity index is 385. The van der Waals surface area contributed by atoms with Gasteiger partial charge in [-0.15, -0.1) is 0 Å². The largest absolute Gasteiger partial charge is 0.475 e. The van der Waals surface area contributed by atoms with Crippen LogP contribution in [0.3, 0.4) is 0 Å². The quantitative estimate of drug-likeness (QED) is 0.827. The van der Waals surface area contributed by atoms with E-state index in [9.17, 15) is 4.39 Å². The van der Waals surface area contributed by atoms with Gasteiger partial charge in [0.2, 0.25) is 0 Å². The Morgan fingerprint density at radius 3 is 2.67 bits per heavy atom. The zero-order valence-corrected chi connectivity index (χ0v) is 8.70. The molecule has 4 heteroatoms. The van der Waals surface area contributed by atoms with Crippen LogP contribution in [0, 0.1) is 17.1 Å². The van der Waals surface area contributed by atoms with Crippen LogP contribution in [0.2, 0.25) is 0 Å². The molecule has 0 spiro atoms. The van der Waals surface area contributed by atoms with Crippen LogP contribution in [0.5, 0.6) is 5.75 Å². The molecule has 0 aromatic heterocycles. The van der Waals surface area contributed by atoms with Gasteiger partial charge < -0.3 is 10.5 Å². The summed E-state index contributed by atoms with van der Waals surface area (Å²) in [5, 5.41) is 8.59. The molecule has 1 rings (SSSR count). The van der Waals surface area contributed by atoms with Gasteiger partial charge in [-0.3, -0.25) is 0 Å². The molecular formula is C11H13FN2O. The van der Waals surface area contributed by atoms with Gasteiger partial charge in [0.15, 0.2) is 6.10 Å². The van der Waals surface area contributed by atoms with E-state index >= 15 is 0 Å². The summed E-state index contributed by atoms with van der Waals surface area (Å²) in [4.78, 5) is 0. The highest BCUT2D eigenvalue weighted by atomic mass is 19.1. The maximum Gasteiger partial charge on any atom is 0.181 e. The van der Waals surface area contributed by atoms with E-state index in [1.165, 1.54) is 12.1 Å². The van der Waals surface area contributed by atoms with Crippen LogP contribution in [0.1, 0.15) is 25.5 Å². The molecule has 0 aliphatic rings. The van der Waals surface area contributed by atoms with Gasteiger partial charge in [-0.1, -0.05) is 6.07 Å². The van der Waals surface area contributed by atoms with Crippen LogP contribution in [-0.4, -0.2) is 6.10 Å². The predicted molar refractivity (Wildman–Crippen MR) is 54.7 cm³/mol. The summed E-state index contributed by atoms with van der Waals surface area (Å²) in [6.07, 6.45) is -0.621. The summed E-state index contributed by atoms with van der Waals surface area (Å²) in [7, 11) is 0. The molecule has 1 unspecified atom stereocenters. The molecule has 0 amide bonds. The van der Waals surface area contributed by atoms with Crippen LogP contribution in [-0.2, 0) is 0 Å². The van der Waals surface area contributed by atoms with Gasteiger partial charge in [-0.2, -0.15) is 5.26 Å². The lowest BCUT2D eigenvalue weighted by atomic mass is 10.1. The molecule has 1 aromatic carbocycles. The fraction of sp³-hybridized carbons (Fsp3) is 0.364. The van der Waals surface area contributed by atoms with E-state index in [2.05, 4.69) is 0 Å². The lowest BCUT2D eigenvalue weighted by molar-refractivity contribution is 0.271. The van der Waals surface area contributed by atoms with Gasteiger partial charge in [0, 0.05) is 17.7 Å². The monoisotopic (exact) mass is 208 g/mol. The molecule has 1 aromatic rings. The third-order valence-electron chi connectivity index (χ3n) is 1.95. The van der Waals surface area contributed by atoms with Crippen LogP contribution >= 0.6 is 0 Å². The van der Waals surface area contributed by atoms with Crippen molar-refractivity contribution in [2.45, 2.75) is 26.0 Å². The van der Waals surface area contributed by atoms with Crippen LogP contribution in [0.15, 0.2) is 18.2 Å². The third-order valence-corrected chi connectivity index (χ3v) is 1.95. The van der Waals surface area contributed by atoms with E-state index in [4.69, 9.17) is 15.7 Å². The number of hydrogen-bond acceptors (Lipinski definition) is 3. The van der Waals surface area contributed by atoms with E-state index in [0.717, 1.165) is 0 Å². The van der Waals surface area contributed by atoms with Gasteiger partial charge in [-0.05, 0) is 19.9 Å². The second kappa shape index (κ2) is 4.76. The summed E-state index contributed by atoms with van der Waals surface area (Å²) in [6, 6.07) is 5.79. The molecule has 0 saturated carbocycles. The highest BCUT2D eigenvalue weighted by Gasteiger charge is 2.11. The third kappa shape index (κ3) is 2.93. The van der Waals surface area contributed by atoms with Crippen LogP contribution in [0.25, 0.3) is 0 Å². The number of nitrogens with two attached hydrogens (primary N) is 1. The number of benzene rings is 1. The van der Waals surface area contributed by atoms with Gasteiger partial charge in [0.25, 0.3) is 0 Å². The first kappa shape index (κ1) is 11.5. The van der Waals surface area contributed by atoms with Crippen molar-refractivity contribution in [3.8, 4) is 11.8 Å². The predicted octanol–water partition coefficient (Wildman–Crippen LogP) is 2.14. The molecule has 0 fully saturated rings. The lowest BCUT2D eigenvalue weighted by Crippen LogP contribution is -2.13. The van der Waals surface area contributed by atoms with E-state index in [1.807, 2.05) is 6.07 Å². The number of nitrogens with zero attached hydrogens (tertiary/aromatic N) is 1. The summed E-state index contributed by atoms with van der Waals surface area (Å²) >= 11 is 0. The summed E-state index contributed by atoms with van der Waals surface area (Å²) in [5.41, 5.74) is 6.39. The van der Waals surface area contributed by atoms with Crippen molar-refractivity contribution in [2.75, 3.05) is 0 Å². The molecule has 2 atom stereocenters. The van der Waals surface area contributed by atoms with E-state index in [0.29, 0.717) is 11.3 Å². The number of hydrogen-bond donors (Lipinski definition) is 1. The number of nitriles is 1.